The van der Waals surface area contributed by atoms with E-state index >= 15 is 0 Å². The number of thioether (sulfide) groups is 1. The standard InChI is InChI=1S/C26H27N3O3S/c1-19-14-15-21(32-19)17-28(2)24(30)18-33-26-27-23-13-7-6-12-22(23)25(31)29(26)16-8-11-20-9-4-3-5-10-20/h3-7,9-10,12-15H,8,11,16-18H2,1-2H3. The number of aromatic nitrogens is 2. The van der Waals surface area contributed by atoms with Gasteiger partial charge in [0, 0.05) is 13.6 Å². The minimum Gasteiger partial charge on any atom is -0.464 e. The molecule has 0 radical (unpaired) electrons. The molecule has 0 aliphatic heterocycles. The van der Waals surface area contributed by atoms with E-state index in [0.717, 1.165) is 24.4 Å². The summed E-state index contributed by atoms with van der Waals surface area (Å²) in [6.45, 7) is 2.83. The Morgan fingerprint density at radius 1 is 1.06 bits per heavy atom. The van der Waals surface area contributed by atoms with E-state index in [1.807, 2.05) is 55.5 Å². The molecule has 0 fully saturated rings. The van der Waals surface area contributed by atoms with Crippen LogP contribution in [0.3, 0.4) is 0 Å². The molecule has 0 saturated heterocycles. The summed E-state index contributed by atoms with van der Waals surface area (Å²) in [5.41, 5.74) is 1.82. The van der Waals surface area contributed by atoms with Crippen molar-refractivity contribution in [2.45, 2.75) is 38.0 Å². The second-order valence-corrected chi connectivity index (χ2v) is 8.95. The Hall–Kier alpha value is -3.32. The summed E-state index contributed by atoms with van der Waals surface area (Å²) in [7, 11) is 1.75. The van der Waals surface area contributed by atoms with Crippen molar-refractivity contribution in [3.8, 4) is 0 Å². The van der Waals surface area contributed by atoms with E-state index in [4.69, 9.17) is 9.40 Å². The number of nitrogens with zero attached hydrogens (tertiary/aromatic N) is 3. The summed E-state index contributed by atoms with van der Waals surface area (Å²) in [4.78, 5) is 32.3. The first-order valence-corrected chi connectivity index (χ1v) is 12.0. The molecule has 33 heavy (non-hydrogen) atoms. The number of hydrogen-bond donors (Lipinski definition) is 0. The number of aryl methyl sites for hydroxylation is 2. The van der Waals surface area contributed by atoms with Gasteiger partial charge in [-0.3, -0.25) is 14.2 Å². The van der Waals surface area contributed by atoms with Crippen LogP contribution in [0, 0.1) is 6.92 Å². The lowest BCUT2D eigenvalue weighted by Crippen LogP contribution is -2.29. The summed E-state index contributed by atoms with van der Waals surface area (Å²) < 4.78 is 7.28. The largest absolute Gasteiger partial charge is 0.464 e. The minimum absolute atomic E-state index is 0.0488. The van der Waals surface area contributed by atoms with Gasteiger partial charge in [-0.2, -0.15) is 0 Å². The second kappa shape index (κ2) is 10.5. The number of benzene rings is 2. The molecule has 0 spiro atoms. The Labute approximate surface area is 197 Å². The molecular formula is C26H27N3O3S. The van der Waals surface area contributed by atoms with Crippen molar-refractivity contribution in [3.05, 3.63) is 94.2 Å². The number of carbonyl (C=O) groups excluding carboxylic acids is 1. The van der Waals surface area contributed by atoms with Crippen molar-refractivity contribution in [3.63, 3.8) is 0 Å². The SMILES string of the molecule is Cc1ccc(CN(C)C(=O)CSc2nc3ccccc3c(=O)n2CCCc2ccccc2)o1. The average Bonchev–Trinajstić information content (AvgIpc) is 3.24. The normalized spacial score (nSPS) is 11.1. The molecule has 0 bridgehead atoms. The number of furan rings is 1. The molecule has 0 aliphatic carbocycles. The molecule has 0 saturated carbocycles. The fraction of sp³-hybridized carbons (Fsp3) is 0.269. The number of para-hydroxylation sites is 1. The summed E-state index contributed by atoms with van der Waals surface area (Å²) in [5.74, 6) is 1.71. The van der Waals surface area contributed by atoms with Crippen LogP contribution in [0.4, 0.5) is 0 Å². The van der Waals surface area contributed by atoms with Crippen molar-refractivity contribution in [2.75, 3.05) is 12.8 Å². The van der Waals surface area contributed by atoms with E-state index in [-0.39, 0.29) is 17.2 Å². The number of amides is 1. The smallest absolute Gasteiger partial charge is 0.262 e. The monoisotopic (exact) mass is 461 g/mol. The molecule has 6 nitrogen and oxygen atoms in total. The third kappa shape index (κ3) is 5.73. The highest BCUT2D eigenvalue weighted by molar-refractivity contribution is 7.99. The van der Waals surface area contributed by atoms with Crippen LogP contribution < -0.4 is 5.56 Å². The van der Waals surface area contributed by atoms with Crippen LogP contribution >= 0.6 is 11.8 Å². The van der Waals surface area contributed by atoms with Crippen LogP contribution in [0.25, 0.3) is 10.9 Å². The first-order valence-electron chi connectivity index (χ1n) is 11.0. The quantitative estimate of drug-likeness (QED) is 0.267. The summed E-state index contributed by atoms with van der Waals surface area (Å²) >= 11 is 1.30. The van der Waals surface area contributed by atoms with E-state index in [9.17, 15) is 9.59 Å². The summed E-state index contributed by atoms with van der Waals surface area (Å²) in [6.07, 6.45) is 1.68. The van der Waals surface area contributed by atoms with E-state index in [0.29, 0.717) is 29.1 Å². The maximum atomic E-state index is 13.2. The van der Waals surface area contributed by atoms with E-state index < -0.39 is 0 Å². The number of hydrogen-bond acceptors (Lipinski definition) is 5. The van der Waals surface area contributed by atoms with Gasteiger partial charge in [0.1, 0.15) is 11.5 Å². The van der Waals surface area contributed by atoms with Gasteiger partial charge in [0.15, 0.2) is 5.16 Å². The molecule has 2 heterocycles. The summed E-state index contributed by atoms with van der Waals surface area (Å²) in [5, 5.41) is 1.17. The number of fused-ring (bicyclic) bond motifs is 1. The zero-order valence-electron chi connectivity index (χ0n) is 18.9. The maximum absolute atomic E-state index is 13.2. The van der Waals surface area contributed by atoms with Gasteiger partial charge in [0.05, 0.1) is 23.2 Å². The van der Waals surface area contributed by atoms with Crippen LogP contribution in [0.2, 0.25) is 0 Å². The van der Waals surface area contributed by atoms with Gasteiger partial charge in [-0.15, -0.1) is 0 Å². The Morgan fingerprint density at radius 3 is 2.58 bits per heavy atom. The lowest BCUT2D eigenvalue weighted by molar-refractivity contribution is -0.127. The Bertz CT molecular complexity index is 1300. The fourth-order valence-electron chi connectivity index (χ4n) is 3.67. The van der Waals surface area contributed by atoms with Crippen LogP contribution in [-0.2, 0) is 24.3 Å². The third-order valence-electron chi connectivity index (χ3n) is 5.46. The van der Waals surface area contributed by atoms with Crippen molar-refractivity contribution in [1.29, 1.82) is 0 Å². The predicted octanol–water partition coefficient (Wildman–Crippen LogP) is 4.68. The van der Waals surface area contributed by atoms with Crippen molar-refractivity contribution in [2.24, 2.45) is 0 Å². The van der Waals surface area contributed by atoms with Gasteiger partial charge in [-0.1, -0.05) is 54.2 Å². The molecular weight excluding hydrogens is 434 g/mol. The lowest BCUT2D eigenvalue weighted by atomic mass is 10.1. The lowest BCUT2D eigenvalue weighted by Gasteiger charge is -2.17. The van der Waals surface area contributed by atoms with Crippen LogP contribution in [-0.4, -0.2) is 33.2 Å². The van der Waals surface area contributed by atoms with Gasteiger partial charge in [-0.25, -0.2) is 4.98 Å². The van der Waals surface area contributed by atoms with Gasteiger partial charge in [-0.05, 0) is 49.6 Å². The molecule has 2 aromatic carbocycles. The van der Waals surface area contributed by atoms with Gasteiger partial charge < -0.3 is 9.32 Å². The van der Waals surface area contributed by atoms with Gasteiger partial charge in [0.2, 0.25) is 5.91 Å². The second-order valence-electron chi connectivity index (χ2n) is 8.01. The van der Waals surface area contributed by atoms with Crippen LogP contribution in [0.5, 0.6) is 0 Å². The van der Waals surface area contributed by atoms with E-state index in [1.165, 1.54) is 17.3 Å². The van der Waals surface area contributed by atoms with Gasteiger partial charge >= 0.3 is 0 Å². The molecule has 4 rings (SSSR count). The third-order valence-corrected chi connectivity index (χ3v) is 6.42. The molecule has 1 amide bonds. The molecule has 0 atom stereocenters. The van der Waals surface area contributed by atoms with Crippen molar-refractivity contribution >= 4 is 28.6 Å². The highest BCUT2D eigenvalue weighted by Gasteiger charge is 2.16. The van der Waals surface area contributed by atoms with Crippen molar-refractivity contribution in [1.82, 2.24) is 14.5 Å². The first kappa shape index (κ1) is 22.9. The fourth-order valence-corrected chi connectivity index (χ4v) is 4.64. The highest BCUT2D eigenvalue weighted by atomic mass is 32.2. The molecule has 7 heteroatoms. The van der Waals surface area contributed by atoms with Crippen LogP contribution in [0.1, 0.15) is 23.5 Å². The summed E-state index contributed by atoms with van der Waals surface area (Å²) in [6, 6.07) is 21.3. The molecule has 0 unspecified atom stereocenters. The Morgan fingerprint density at radius 2 is 1.82 bits per heavy atom. The Balaban J connectivity index is 1.49. The van der Waals surface area contributed by atoms with E-state index in [2.05, 4.69) is 12.1 Å². The molecule has 4 aromatic rings. The zero-order chi connectivity index (χ0) is 23.2. The number of rotatable bonds is 9. The topological polar surface area (TPSA) is 68.3 Å². The Kier molecular flexibility index (Phi) is 7.29. The van der Waals surface area contributed by atoms with E-state index in [1.54, 1.807) is 22.6 Å². The molecule has 170 valence electrons. The molecule has 0 aliphatic rings. The maximum Gasteiger partial charge on any atom is 0.262 e. The molecule has 2 aromatic heterocycles. The first-order chi connectivity index (χ1) is 16.0. The molecule has 0 N–H and O–H groups in total. The number of carbonyl (C=O) groups is 1. The van der Waals surface area contributed by atoms with Crippen LogP contribution in [0.15, 0.2) is 81.1 Å². The highest BCUT2D eigenvalue weighted by Crippen LogP contribution is 2.20. The predicted molar refractivity (Wildman–Crippen MR) is 131 cm³/mol. The zero-order valence-corrected chi connectivity index (χ0v) is 19.7. The van der Waals surface area contributed by atoms with Gasteiger partial charge in [0.25, 0.3) is 5.56 Å². The average molecular weight is 462 g/mol. The minimum atomic E-state index is -0.0666. The van der Waals surface area contributed by atoms with Crippen molar-refractivity contribution < 1.29 is 9.21 Å².